The fraction of sp³-hybridized carbons (Fsp3) is 0.545. The molecule has 1 aliphatic heterocycles. The topological polar surface area (TPSA) is 118 Å². The molecule has 2 heterocycles. The highest BCUT2D eigenvalue weighted by Crippen LogP contribution is 2.29. The summed E-state index contributed by atoms with van der Waals surface area (Å²) in [6.45, 7) is 3.05. The molecule has 0 saturated carbocycles. The number of rotatable bonds is 4. The monoisotopic (exact) mass is 353 g/mol. The second kappa shape index (κ2) is 5.04. The van der Waals surface area contributed by atoms with Gasteiger partial charge in [0.2, 0.25) is 0 Å². The summed E-state index contributed by atoms with van der Waals surface area (Å²) in [5, 5.41) is 8.96. The normalized spacial score (nSPS) is 25.0. The Hall–Kier alpha value is -0.970. The first-order chi connectivity index (χ1) is 9.44. The lowest BCUT2D eigenvalue weighted by Gasteiger charge is -2.22. The second-order valence-electron chi connectivity index (χ2n) is 5.39. The molecule has 10 heteroatoms. The summed E-state index contributed by atoms with van der Waals surface area (Å²) in [7, 11) is -7.19. The number of carbonyl (C=O) groups is 1. The standard InChI is InChI=1S/C11H15NO6S3/c1-7-5-8(19-9(7)10(13)14)21(17,18)12-11(2)3-4-20(15,16)6-11/h5,12H,3-4,6H2,1-2H3,(H,13,14). The van der Waals surface area contributed by atoms with Gasteiger partial charge in [0.05, 0.1) is 11.5 Å². The van der Waals surface area contributed by atoms with Crippen LogP contribution in [0.4, 0.5) is 0 Å². The first kappa shape index (κ1) is 16.4. The highest BCUT2D eigenvalue weighted by molar-refractivity contribution is 7.92. The predicted molar refractivity (Wildman–Crippen MR) is 78.0 cm³/mol. The number of aryl methyl sites for hydroxylation is 1. The minimum Gasteiger partial charge on any atom is -0.477 e. The average molecular weight is 353 g/mol. The lowest BCUT2D eigenvalue weighted by atomic mass is 10.0. The Morgan fingerprint density at radius 1 is 1.48 bits per heavy atom. The van der Waals surface area contributed by atoms with E-state index in [9.17, 15) is 21.6 Å². The van der Waals surface area contributed by atoms with Gasteiger partial charge in [0.15, 0.2) is 9.84 Å². The summed E-state index contributed by atoms with van der Waals surface area (Å²) in [5.41, 5.74) is -0.698. The quantitative estimate of drug-likeness (QED) is 0.819. The molecule has 2 N–H and O–H groups in total. The number of sulfone groups is 1. The molecule has 0 spiro atoms. The number of hydrogen-bond donors (Lipinski definition) is 2. The van der Waals surface area contributed by atoms with Crippen molar-refractivity contribution in [3.05, 3.63) is 16.5 Å². The van der Waals surface area contributed by atoms with Crippen LogP contribution in [-0.4, -0.2) is 45.0 Å². The summed E-state index contributed by atoms with van der Waals surface area (Å²) >= 11 is 0.657. The summed E-state index contributed by atoms with van der Waals surface area (Å²) in [6.07, 6.45) is 0.199. The van der Waals surface area contributed by atoms with Crippen LogP contribution in [0, 0.1) is 6.92 Å². The molecule has 21 heavy (non-hydrogen) atoms. The molecule has 0 radical (unpaired) electrons. The van der Waals surface area contributed by atoms with Crippen LogP contribution in [0.2, 0.25) is 0 Å². The maximum atomic E-state index is 12.3. The van der Waals surface area contributed by atoms with Crippen LogP contribution in [0.15, 0.2) is 10.3 Å². The number of carboxylic acids is 1. The van der Waals surface area contributed by atoms with E-state index < -0.39 is 31.4 Å². The van der Waals surface area contributed by atoms with Gasteiger partial charge in [0.1, 0.15) is 9.09 Å². The fourth-order valence-electron chi connectivity index (χ4n) is 2.26. The van der Waals surface area contributed by atoms with Crippen molar-refractivity contribution in [3.8, 4) is 0 Å². The second-order valence-corrected chi connectivity index (χ2v) is 10.5. The van der Waals surface area contributed by atoms with Crippen LogP contribution in [0.5, 0.6) is 0 Å². The van der Waals surface area contributed by atoms with Gasteiger partial charge < -0.3 is 5.11 Å². The van der Waals surface area contributed by atoms with Gasteiger partial charge in [0.25, 0.3) is 10.0 Å². The molecule has 1 aromatic heterocycles. The minimum absolute atomic E-state index is 0.0421. The van der Waals surface area contributed by atoms with E-state index in [0.29, 0.717) is 16.9 Å². The predicted octanol–water partition coefficient (Wildman–Crippen LogP) is 0.610. The number of thiophene rings is 1. The van der Waals surface area contributed by atoms with Gasteiger partial charge in [-0.05, 0) is 31.9 Å². The van der Waals surface area contributed by atoms with Crippen LogP contribution in [0.1, 0.15) is 28.6 Å². The molecular formula is C11H15NO6S3. The molecule has 7 nitrogen and oxygen atoms in total. The molecule has 1 saturated heterocycles. The Morgan fingerprint density at radius 2 is 2.10 bits per heavy atom. The number of nitrogens with one attached hydrogen (secondary N) is 1. The maximum absolute atomic E-state index is 12.3. The van der Waals surface area contributed by atoms with E-state index in [4.69, 9.17) is 5.11 Å². The van der Waals surface area contributed by atoms with Gasteiger partial charge in [-0.25, -0.2) is 26.4 Å². The lowest BCUT2D eigenvalue weighted by Crippen LogP contribution is -2.46. The summed E-state index contributed by atoms with van der Waals surface area (Å²) in [6, 6.07) is 1.28. The van der Waals surface area contributed by atoms with E-state index in [-0.39, 0.29) is 27.0 Å². The zero-order valence-corrected chi connectivity index (χ0v) is 13.9. The van der Waals surface area contributed by atoms with E-state index in [0.717, 1.165) is 0 Å². The molecule has 1 aromatic rings. The number of hydrogen-bond acceptors (Lipinski definition) is 6. The van der Waals surface area contributed by atoms with E-state index in [1.54, 1.807) is 0 Å². The Kier molecular flexibility index (Phi) is 3.94. The van der Waals surface area contributed by atoms with Gasteiger partial charge in [-0.3, -0.25) is 0 Å². The molecule has 1 atom stereocenters. The van der Waals surface area contributed by atoms with Crippen LogP contribution in [0.25, 0.3) is 0 Å². The molecule has 0 amide bonds. The Morgan fingerprint density at radius 3 is 2.52 bits per heavy atom. The molecule has 118 valence electrons. The van der Waals surface area contributed by atoms with Gasteiger partial charge in [-0.15, -0.1) is 11.3 Å². The third kappa shape index (κ3) is 3.44. The largest absolute Gasteiger partial charge is 0.477 e. The van der Waals surface area contributed by atoms with Crippen molar-refractivity contribution in [1.82, 2.24) is 4.72 Å². The van der Waals surface area contributed by atoms with Gasteiger partial charge in [-0.2, -0.15) is 0 Å². The SMILES string of the molecule is Cc1cc(S(=O)(=O)NC2(C)CCS(=O)(=O)C2)sc1C(=O)O. The van der Waals surface area contributed by atoms with Crippen molar-refractivity contribution in [3.63, 3.8) is 0 Å². The summed E-state index contributed by atoms with van der Waals surface area (Å²) in [5.74, 6) is -1.50. The highest BCUT2D eigenvalue weighted by atomic mass is 32.2. The maximum Gasteiger partial charge on any atom is 0.346 e. The first-order valence-electron chi connectivity index (χ1n) is 6.02. The Balaban J connectivity index is 2.31. The lowest BCUT2D eigenvalue weighted by molar-refractivity contribution is 0.0701. The summed E-state index contributed by atoms with van der Waals surface area (Å²) in [4.78, 5) is 10.9. The van der Waals surface area contributed by atoms with E-state index in [1.807, 2.05) is 0 Å². The molecule has 0 bridgehead atoms. The van der Waals surface area contributed by atoms with Crippen molar-refractivity contribution >= 4 is 37.2 Å². The van der Waals surface area contributed by atoms with Crippen molar-refractivity contribution in [2.45, 2.75) is 30.0 Å². The molecule has 2 rings (SSSR count). The van der Waals surface area contributed by atoms with Crippen LogP contribution in [-0.2, 0) is 19.9 Å². The molecule has 0 aliphatic carbocycles. The zero-order chi connectivity index (χ0) is 16.1. The van der Waals surface area contributed by atoms with Crippen molar-refractivity contribution in [2.24, 2.45) is 0 Å². The average Bonchev–Trinajstić information content (AvgIpc) is 2.79. The molecule has 0 aromatic carbocycles. The minimum atomic E-state index is -3.95. The van der Waals surface area contributed by atoms with E-state index in [1.165, 1.54) is 19.9 Å². The Bertz CT molecular complexity index is 792. The van der Waals surface area contributed by atoms with Crippen molar-refractivity contribution < 1.29 is 26.7 Å². The van der Waals surface area contributed by atoms with Crippen molar-refractivity contribution in [2.75, 3.05) is 11.5 Å². The Labute approximate surface area is 127 Å². The van der Waals surface area contributed by atoms with E-state index in [2.05, 4.69) is 4.72 Å². The van der Waals surface area contributed by atoms with Gasteiger partial charge in [-0.1, -0.05) is 0 Å². The molecule has 1 aliphatic rings. The third-order valence-electron chi connectivity index (χ3n) is 3.24. The number of sulfonamides is 1. The number of aromatic carboxylic acids is 1. The third-order valence-corrected chi connectivity index (χ3v) is 8.48. The highest BCUT2D eigenvalue weighted by Gasteiger charge is 2.41. The smallest absolute Gasteiger partial charge is 0.346 e. The number of carboxylic acid groups (broad SMARTS) is 1. The molecule has 1 unspecified atom stereocenters. The van der Waals surface area contributed by atoms with Gasteiger partial charge in [0, 0.05) is 5.54 Å². The van der Waals surface area contributed by atoms with E-state index >= 15 is 0 Å². The van der Waals surface area contributed by atoms with Crippen LogP contribution >= 0.6 is 11.3 Å². The molecule has 1 fully saturated rings. The van der Waals surface area contributed by atoms with Crippen LogP contribution < -0.4 is 4.72 Å². The van der Waals surface area contributed by atoms with Crippen LogP contribution in [0.3, 0.4) is 0 Å². The van der Waals surface area contributed by atoms with Crippen molar-refractivity contribution in [1.29, 1.82) is 0 Å². The fourth-order valence-corrected chi connectivity index (χ4v) is 7.26. The first-order valence-corrected chi connectivity index (χ1v) is 10.1. The molecular weight excluding hydrogens is 338 g/mol. The summed E-state index contributed by atoms with van der Waals surface area (Å²) < 4.78 is 49.9. The zero-order valence-electron chi connectivity index (χ0n) is 11.4. The van der Waals surface area contributed by atoms with Gasteiger partial charge >= 0.3 is 5.97 Å².